The Hall–Kier alpha value is -2.01. The third kappa shape index (κ3) is 3.48. The second-order valence-electron chi connectivity index (χ2n) is 4.21. The molecule has 0 aliphatic rings. The van der Waals surface area contributed by atoms with Gasteiger partial charge in [-0.1, -0.05) is 24.4 Å². The van der Waals surface area contributed by atoms with E-state index in [0.29, 0.717) is 10.8 Å². The number of anilines is 1. The molecule has 0 aliphatic heterocycles. The monoisotopic (exact) mass is 275 g/mol. The maximum atomic E-state index is 12.9. The van der Waals surface area contributed by atoms with Crippen molar-refractivity contribution in [1.29, 1.82) is 0 Å². The molecule has 2 rings (SSSR count). The van der Waals surface area contributed by atoms with Crippen LogP contribution in [0.5, 0.6) is 0 Å². The minimum atomic E-state index is -0.246. The van der Waals surface area contributed by atoms with Crippen LogP contribution < -0.4 is 11.1 Å². The molecule has 1 aromatic carbocycles. The fraction of sp³-hybridized carbons (Fsp3) is 0.143. The van der Waals surface area contributed by atoms with Crippen molar-refractivity contribution in [2.45, 2.75) is 13.0 Å². The summed E-state index contributed by atoms with van der Waals surface area (Å²) >= 11 is 4.92. The standard InChI is InChI=1S/C14H14FN3S/c1-9(10-2-4-12(15)5-3-10)18-13-8-11(14(16)19)6-7-17-13/h2-9H,1H3,(H2,16,19)(H,17,18). The third-order valence-corrected chi connectivity index (χ3v) is 3.01. The van der Waals surface area contributed by atoms with Gasteiger partial charge in [-0.3, -0.25) is 0 Å². The zero-order valence-electron chi connectivity index (χ0n) is 10.4. The molecule has 0 saturated heterocycles. The summed E-state index contributed by atoms with van der Waals surface area (Å²) in [4.78, 5) is 4.54. The predicted molar refractivity (Wildman–Crippen MR) is 78.6 cm³/mol. The smallest absolute Gasteiger partial charge is 0.127 e. The highest BCUT2D eigenvalue weighted by Crippen LogP contribution is 2.18. The van der Waals surface area contributed by atoms with E-state index in [-0.39, 0.29) is 11.9 Å². The zero-order chi connectivity index (χ0) is 13.8. The van der Waals surface area contributed by atoms with Crippen LogP contribution in [-0.4, -0.2) is 9.97 Å². The average molecular weight is 275 g/mol. The van der Waals surface area contributed by atoms with Crippen molar-refractivity contribution in [2.24, 2.45) is 5.73 Å². The van der Waals surface area contributed by atoms with E-state index >= 15 is 0 Å². The second-order valence-corrected chi connectivity index (χ2v) is 4.65. The van der Waals surface area contributed by atoms with Crippen LogP contribution in [0.1, 0.15) is 24.1 Å². The van der Waals surface area contributed by atoms with E-state index in [0.717, 1.165) is 11.1 Å². The first-order valence-electron chi connectivity index (χ1n) is 5.84. The molecule has 0 fully saturated rings. The van der Waals surface area contributed by atoms with Gasteiger partial charge in [-0.25, -0.2) is 9.37 Å². The number of nitrogens with two attached hydrogens (primary N) is 1. The number of hydrogen-bond donors (Lipinski definition) is 2. The number of pyridine rings is 1. The second kappa shape index (κ2) is 5.75. The van der Waals surface area contributed by atoms with Crippen LogP contribution in [0.2, 0.25) is 0 Å². The van der Waals surface area contributed by atoms with Crippen molar-refractivity contribution >= 4 is 23.0 Å². The summed E-state index contributed by atoms with van der Waals surface area (Å²) in [5.41, 5.74) is 7.31. The molecule has 1 unspecified atom stereocenters. The molecule has 1 atom stereocenters. The number of thiocarbonyl (C=S) groups is 1. The van der Waals surface area contributed by atoms with Crippen molar-refractivity contribution in [3.8, 4) is 0 Å². The summed E-state index contributed by atoms with van der Waals surface area (Å²) in [5, 5.41) is 3.22. The summed E-state index contributed by atoms with van der Waals surface area (Å²) in [6.07, 6.45) is 1.65. The Kier molecular flexibility index (Phi) is 4.06. The lowest BCUT2D eigenvalue weighted by atomic mass is 10.1. The summed E-state index contributed by atoms with van der Waals surface area (Å²) in [7, 11) is 0. The van der Waals surface area contributed by atoms with Crippen molar-refractivity contribution in [2.75, 3.05) is 5.32 Å². The van der Waals surface area contributed by atoms with Crippen molar-refractivity contribution in [3.63, 3.8) is 0 Å². The Morgan fingerprint density at radius 3 is 2.63 bits per heavy atom. The molecule has 3 nitrogen and oxygen atoms in total. The molecule has 0 radical (unpaired) electrons. The molecule has 2 aromatic rings. The van der Waals surface area contributed by atoms with Gasteiger partial charge in [0, 0.05) is 17.8 Å². The van der Waals surface area contributed by atoms with E-state index in [9.17, 15) is 4.39 Å². The molecule has 5 heteroatoms. The quantitative estimate of drug-likeness (QED) is 0.842. The lowest BCUT2D eigenvalue weighted by Gasteiger charge is -2.15. The number of hydrogen-bond acceptors (Lipinski definition) is 3. The van der Waals surface area contributed by atoms with Gasteiger partial charge < -0.3 is 11.1 Å². The number of nitrogens with one attached hydrogen (secondary N) is 1. The molecule has 0 spiro atoms. The van der Waals surface area contributed by atoms with Gasteiger partial charge >= 0.3 is 0 Å². The molecular weight excluding hydrogens is 261 g/mol. The van der Waals surface area contributed by atoms with E-state index in [2.05, 4.69) is 10.3 Å². The van der Waals surface area contributed by atoms with Crippen molar-refractivity contribution in [3.05, 3.63) is 59.5 Å². The van der Waals surface area contributed by atoms with Crippen LogP contribution in [-0.2, 0) is 0 Å². The predicted octanol–water partition coefficient (Wildman–Crippen LogP) is 3.03. The van der Waals surface area contributed by atoms with E-state index in [1.807, 2.05) is 6.92 Å². The Bertz CT molecular complexity index is 583. The van der Waals surface area contributed by atoms with Gasteiger partial charge in [0.15, 0.2) is 0 Å². The molecule has 19 heavy (non-hydrogen) atoms. The van der Waals surface area contributed by atoms with E-state index in [1.54, 1.807) is 30.5 Å². The maximum Gasteiger partial charge on any atom is 0.127 e. The summed E-state index contributed by atoms with van der Waals surface area (Å²) in [6.45, 7) is 1.97. The van der Waals surface area contributed by atoms with Crippen LogP contribution in [0.15, 0.2) is 42.6 Å². The van der Waals surface area contributed by atoms with E-state index in [1.165, 1.54) is 12.1 Å². The molecule has 98 valence electrons. The molecule has 0 bridgehead atoms. The Balaban J connectivity index is 2.14. The lowest BCUT2D eigenvalue weighted by Crippen LogP contribution is -2.12. The normalized spacial score (nSPS) is 11.9. The number of aromatic nitrogens is 1. The van der Waals surface area contributed by atoms with Gasteiger partial charge in [0.1, 0.15) is 16.6 Å². The lowest BCUT2D eigenvalue weighted by molar-refractivity contribution is 0.626. The molecule has 3 N–H and O–H groups in total. The summed E-state index contributed by atoms with van der Waals surface area (Å²) in [5.74, 6) is 0.437. The Morgan fingerprint density at radius 2 is 2.00 bits per heavy atom. The zero-order valence-corrected chi connectivity index (χ0v) is 11.2. The fourth-order valence-corrected chi connectivity index (χ4v) is 1.85. The molecule has 1 heterocycles. The molecular formula is C14H14FN3S. The first-order valence-corrected chi connectivity index (χ1v) is 6.25. The SMILES string of the molecule is CC(Nc1cc(C(N)=S)ccn1)c1ccc(F)cc1. The largest absolute Gasteiger partial charge is 0.389 e. The topological polar surface area (TPSA) is 50.9 Å². The van der Waals surface area contributed by atoms with Gasteiger partial charge in [-0.15, -0.1) is 0 Å². The minimum absolute atomic E-state index is 0.00898. The third-order valence-electron chi connectivity index (χ3n) is 2.78. The van der Waals surface area contributed by atoms with Gasteiger partial charge in [0.05, 0.1) is 0 Å². The van der Waals surface area contributed by atoms with Crippen LogP contribution in [0.3, 0.4) is 0 Å². The highest BCUT2D eigenvalue weighted by atomic mass is 32.1. The molecule has 0 amide bonds. The number of benzene rings is 1. The van der Waals surface area contributed by atoms with Crippen LogP contribution >= 0.6 is 12.2 Å². The summed E-state index contributed by atoms with van der Waals surface area (Å²) in [6, 6.07) is 9.92. The van der Waals surface area contributed by atoms with Crippen LogP contribution in [0.25, 0.3) is 0 Å². The summed E-state index contributed by atoms with van der Waals surface area (Å²) < 4.78 is 12.9. The fourth-order valence-electron chi connectivity index (χ4n) is 1.72. The highest BCUT2D eigenvalue weighted by molar-refractivity contribution is 7.80. The van der Waals surface area contributed by atoms with Gasteiger partial charge in [-0.2, -0.15) is 0 Å². The van der Waals surface area contributed by atoms with Crippen molar-refractivity contribution < 1.29 is 4.39 Å². The van der Waals surface area contributed by atoms with E-state index in [4.69, 9.17) is 18.0 Å². The first kappa shape index (κ1) is 13.4. The Morgan fingerprint density at radius 1 is 1.32 bits per heavy atom. The molecule has 0 aliphatic carbocycles. The van der Waals surface area contributed by atoms with Crippen LogP contribution in [0.4, 0.5) is 10.2 Å². The first-order chi connectivity index (χ1) is 9.06. The van der Waals surface area contributed by atoms with Gasteiger partial charge in [-0.05, 0) is 36.8 Å². The minimum Gasteiger partial charge on any atom is -0.389 e. The van der Waals surface area contributed by atoms with Gasteiger partial charge in [0.2, 0.25) is 0 Å². The number of rotatable bonds is 4. The molecule has 1 aromatic heterocycles. The van der Waals surface area contributed by atoms with Gasteiger partial charge in [0.25, 0.3) is 0 Å². The maximum absolute atomic E-state index is 12.9. The van der Waals surface area contributed by atoms with Crippen LogP contribution in [0, 0.1) is 5.82 Å². The number of nitrogens with zero attached hydrogens (tertiary/aromatic N) is 1. The molecule has 0 saturated carbocycles. The van der Waals surface area contributed by atoms with E-state index < -0.39 is 0 Å². The van der Waals surface area contributed by atoms with Crippen molar-refractivity contribution in [1.82, 2.24) is 4.98 Å². The highest BCUT2D eigenvalue weighted by Gasteiger charge is 2.07. The number of halogens is 1. The average Bonchev–Trinajstić information content (AvgIpc) is 2.39. The Labute approximate surface area is 116 Å².